The van der Waals surface area contributed by atoms with Gasteiger partial charge in [0.25, 0.3) is 11.4 Å². The summed E-state index contributed by atoms with van der Waals surface area (Å²) in [5.74, 6) is 0.438. The number of rotatable bonds is 5. The zero-order valence-corrected chi connectivity index (χ0v) is 16.4. The van der Waals surface area contributed by atoms with E-state index in [2.05, 4.69) is 5.32 Å². The van der Waals surface area contributed by atoms with E-state index in [1.165, 1.54) is 25.3 Å². The van der Waals surface area contributed by atoms with Crippen LogP contribution in [0, 0.1) is 20.2 Å². The molecule has 0 spiro atoms. The Bertz CT molecular complexity index is 929. The predicted molar refractivity (Wildman–Crippen MR) is 113 cm³/mol. The first kappa shape index (κ1) is 20.3. The van der Waals surface area contributed by atoms with Crippen molar-refractivity contribution >= 4 is 40.1 Å². The fourth-order valence-electron chi connectivity index (χ4n) is 3.06. The molecule has 1 aliphatic rings. The molecule has 1 aliphatic heterocycles. The van der Waals surface area contributed by atoms with Crippen LogP contribution in [0.25, 0.3) is 0 Å². The molecule has 0 aliphatic carbocycles. The molecule has 1 saturated heterocycles. The van der Waals surface area contributed by atoms with Crippen molar-refractivity contribution in [3.05, 3.63) is 62.7 Å². The highest BCUT2D eigenvalue weighted by Crippen LogP contribution is 2.32. The van der Waals surface area contributed by atoms with E-state index < -0.39 is 9.85 Å². The Morgan fingerprint density at radius 2 is 1.69 bits per heavy atom. The maximum atomic E-state index is 11.4. The van der Waals surface area contributed by atoms with Crippen molar-refractivity contribution in [2.24, 2.45) is 0 Å². The number of thiocarbonyl (C=S) groups is 1. The number of anilines is 2. The number of piperazine rings is 1. The third kappa shape index (κ3) is 4.69. The molecule has 1 heterocycles. The van der Waals surface area contributed by atoms with E-state index in [0.29, 0.717) is 48.4 Å². The average molecular weight is 417 g/mol. The summed E-state index contributed by atoms with van der Waals surface area (Å²) < 4.78 is 5.08. The monoisotopic (exact) mass is 417 g/mol. The Labute approximate surface area is 172 Å². The van der Waals surface area contributed by atoms with Gasteiger partial charge in [0.2, 0.25) is 0 Å². The summed E-state index contributed by atoms with van der Waals surface area (Å²) in [6.07, 6.45) is 0. The smallest absolute Gasteiger partial charge is 0.296 e. The van der Waals surface area contributed by atoms with Gasteiger partial charge in [0, 0.05) is 44.0 Å². The molecule has 2 aromatic carbocycles. The molecule has 11 heteroatoms. The Kier molecular flexibility index (Phi) is 6.07. The lowest BCUT2D eigenvalue weighted by Gasteiger charge is -2.37. The standard InChI is InChI=1S/C18H19N5O5S/c1-28-15-6-7-16(17(12-15)23(26)27)20-8-10-21(11-9-20)18(29)19-13-2-4-14(5-3-13)22(24)25/h2-7,12H,8-11H2,1H3,(H,19,29). The van der Waals surface area contributed by atoms with Gasteiger partial charge in [-0.05, 0) is 36.5 Å². The average Bonchev–Trinajstić information content (AvgIpc) is 2.73. The normalized spacial score (nSPS) is 13.7. The zero-order valence-electron chi connectivity index (χ0n) is 15.6. The second-order valence-electron chi connectivity index (χ2n) is 6.32. The maximum Gasteiger partial charge on any atom is 0.296 e. The molecule has 0 atom stereocenters. The maximum absolute atomic E-state index is 11.4. The van der Waals surface area contributed by atoms with Crippen molar-refractivity contribution in [1.29, 1.82) is 0 Å². The summed E-state index contributed by atoms with van der Waals surface area (Å²) in [5.41, 5.74) is 1.22. The van der Waals surface area contributed by atoms with Crippen LogP contribution < -0.4 is 15.0 Å². The van der Waals surface area contributed by atoms with E-state index in [0.717, 1.165) is 0 Å². The third-order valence-corrected chi connectivity index (χ3v) is 4.98. The lowest BCUT2D eigenvalue weighted by Crippen LogP contribution is -2.50. The van der Waals surface area contributed by atoms with E-state index in [1.807, 2.05) is 9.80 Å². The number of nitrogens with one attached hydrogen (secondary N) is 1. The van der Waals surface area contributed by atoms with Crippen molar-refractivity contribution in [3.63, 3.8) is 0 Å². The van der Waals surface area contributed by atoms with Gasteiger partial charge in [-0.3, -0.25) is 20.2 Å². The first-order valence-electron chi connectivity index (χ1n) is 8.77. The summed E-state index contributed by atoms with van der Waals surface area (Å²) in [4.78, 5) is 25.2. The minimum atomic E-state index is -0.459. The number of hydrogen-bond donors (Lipinski definition) is 1. The van der Waals surface area contributed by atoms with Crippen LogP contribution in [0.1, 0.15) is 0 Å². The fraction of sp³-hybridized carbons (Fsp3) is 0.278. The summed E-state index contributed by atoms with van der Waals surface area (Å²) in [7, 11) is 1.47. The molecule has 0 saturated carbocycles. The molecule has 0 unspecified atom stereocenters. The van der Waals surface area contributed by atoms with E-state index in [1.54, 1.807) is 24.3 Å². The second-order valence-corrected chi connectivity index (χ2v) is 6.71. The highest BCUT2D eigenvalue weighted by molar-refractivity contribution is 7.80. The van der Waals surface area contributed by atoms with Crippen LogP contribution in [-0.2, 0) is 0 Å². The van der Waals surface area contributed by atoms with Gasteiger partial charge in [-0.15, -0.1) is 0 Å². The van der Waals surface area contributed by atoms with Gasteiger partial charge in [-0.2, -0.15) is 0 Å². The summed E-state index contributed by atoms with van der Waals surface area (Å²) in [5, 5.41) is 25.7. The van der Waals surface area contributed by atoms with Gasteiger partial charge in [0.05, 0.1) is 23.0 Å². The highest BCUT2D eigenvalue weighted by Gasteiger charge is 2.25. The van der Waals surface area contributed by atoms with Crippen molar-refractivity contribution < 1.29 is 14.6 Å². The van der Waals surface area contributed by atoms with E-state index in [9.17, 15) is 20.2 Å². The number of nitrogens with zero attached hydrogens (tertiary/aromatic N) is 4. The lowest BCUT2D eigenvalue weighted by atomic mass is 10.2. The van der Waals surface area contributed by atoms with Gasteiger partial charge in [0.15, 0.2) is 5.11 Å². The van der Waals surface area contributed by atoms with Crippen LogP contribution in [0.2, 0.25) is 0 Å². The first-order valence-corrected chi connectivity index (χ1v) is 9.17. The topological polar surface area (TPSA) is 114 Å². The summed E-state index contributed by atoms with van der Waals surface area (Å²) >= 11 is 5.43. The molecule has 3 rings (SSSR count). The van der Waals surface area contributed by atoms with Crippen LogP contribution in [-0.4, -0.2) is 53.1 Å². The molecule has 0 amide bonds. The highest BCUT2D eigenvalue weighted by atomic mass is 32.1. The van der Waals surface area contributed by atoms with E-state index in [-0.39, 0.29) is 11.4 Å². The Morgan fingerprint density at radius 3 is 2.24 bits per heavy atom. The van der Waals surface area contributed by atoms with Crippen LogP contribution in [0.5, 0.6) is 5.75 Å². The molecular formula is C18H19N5O5S. The molecule has 1 N–H and O–H groups in total. The summed E-state index contributed by atoms with van der Waals surface area (Å²) in [6.45, 7) is 2.30. The fourth-order valence-corrected chi connectivity index (χ4v) is 3.36. The molecular weight excluding hydrogens is 398 g/mol. The van der Waals surface area contributed by atoms with Crippen molar-refractivity contribution in [2.45, 2.75) is 0 Å². The second kappa shape index (κ2) is 8.69. The van der Waals surface area contributed by atoms with Crippen LogP contribution in [0.3, 0.4) is 0 Å². The predicted octanol–water partition coefficient (Wildman–Crippen LogP) is 3.03. The molecule has 2 aromatic rings. The number of nitro groups is 2. The SMILES string of the molecule is COc1ccc(N2CCN(C(=S)Nc3ccc([N+](=O)[O-])cc3)CC2)c([N+](=O)[O-])c1. The number of nitro benzene ring substituents is 2. The molecule has 10 nitrogen and oxygen atoms in total. The minimum absolute atomic E-state index is 0.00406. The van der Waals surface area contributed by atoms with Gasteiger partial charge in [-0.25, -0.2) is 0 Å². The molecule has 29 heavy (non-hydrogen) atoms. The lowest BCUT2D eigenvalue weighted by molar-refractivity contribution is -0.384. The quantitative estimate of drug-likeness (QED) is 0.445. The Morgan fingerprint density at radius 1 is 1.03 bits per heavy atom. The van der Waals surface area contributed by atoms with Crippen molar-refractivity contribution in [2.75, 3.05) is 43.5 Å². The van der Waals surface area contributed by atoms with E-state index in [4.69, 9.17) is 17.0 Å². The van der Waals surface area contributed by atoms with Crippen LogP contribution in [0.4, 0.5) is 22.7 Å². The van der Waals surface area contributed by atoms with Crippen molar-refractivity contribution in [1.82, 2.24) is 4.90 Å². The molecule has 0 bridgehead atoms. The van der Waals surface area contributed by atoms with E-state index >= 15 is 0 Å². The number of hydrogen-bond acceptors (Lipinski definition) is 7. The van der Waals surface area contributed by atoms with Gasteiger partial charge in [-0.1, -0.05) is 0 Å². The van der Waals surface area contributed by atoms with Crippen molar-refractivity contribution in [3.8, 4) is 5.75 Å². The molecule has 0 radical (unpaired) electrons. The van der Waals surface area contributed by atoms with Crippen LogP contribution in [0.15, 0.2) is 42.5 Å². The first-order chi connectivity index (χ1) is 13.9. The number of non-ortho nitro benzene ring substituents is 1. The molecule has 152 valence electrons. The molecule has 0 aromatic heterocycles. The number of ether oxygens (including phenoxy) is 1. The molecule has 1 fully saturated rings. The number of methoxy groups -OCH3 is 1. The number of benzene rings is 2. The Hall–Kier alpha value is -3.47. The van der Waals surface area contributed by atoms with Gasteiger partial charge in [0.1, 0.15) is 11.4 Å². The van der Waals surface area contributed by atoms with Crippen LogP contribution >= 0.6 is 12.2 Å². The third-order valence-electron chi connectivity index (χ3n) is 4.62. The van der Waals surface area contributed by atoms with Gasteiger partial charge < -0.3 is 19.9 Å². The largest absolute Gasteiger partial charge is 0.496 e. The Balaban J connectivity index is 1.62. The zero-order chi connectivity index (χ0) is 21.0. The van der Waals surface area contributed by atoms with Gasteiger partial charge >= 0.3 is 0 Å². The summed E-state index contributed by atoms with van der Waals surface area (Å²) in [6, 6.07) is 10.8. The minimum Gasteiger partial charge on any atom is -0.496 e.